The van der Waals surface area contributed by atoms with Crippen LogP contribution in [0.2, 0.25) is 0 Å². The summed E-state index contributed by atoms with van der Waals surface area (Å²) >= 11 is 0. The Morgan fingerprint density at radius 3 is 3.00 bits per heavy atom. The third-order valence-corrected chi connectivity index (χ3v) is 3.59. The number of amides is 1. The zero-order chi connectivity index (χ0) is 9.54. The number of rotatable bonds is 1. The molecule has 4 heteroatoms. The van der Waals surface area contributed by atoms with E-state index in [0.717, 1.165) is 39.1 Å². The summed E-state index contributed by atoms with van der Waals surface area (Å²) in [5, 5.41) is 3.24. The molecule has 2 unspecified atom stereocenters. The molecule has 78 valence electrons. The number of morpholine rings is 1. The molecule has 3 heterocycles. The summed E-state index contributed by atoms with van der Waals surface area (Å²) in [5.74, 6) is 0.583. The first kappa shape index (κ1) is 8.68. The summed E-state index contributed by atoms with van der Waals surface area (Å²) in [6.45, 7) is 3.46. The van der Waals surface area contributed by atoms with Crippen LogP contribution in [0.5, 0.6) is 0 Å². The smallest absolute Gasteiger partial charge is 0.227 e. The molecule has 14 heavy (non-hydrogen) atoms. The van der Waals surface area contributed by atoms with Gasteiger partial charge in [-0.2, -0.15) is 0 Å². The van der Waals surface area contributed by atoms with E-state index in [1.165, 1.54) is 0 Å². The highest BCUT2D eigenvalue weighted by Crippen LogP contribution is 2.29. The van der Waals surface area contributed by atoms with Gasteiger partial charge in [-0.15, -0.1) is 0 Å². The highest BCUT2D eigenvalue weighted by Gasteiger charge is 2.43. The summed E-state index contributed by atoms with van der Waals surface area (Å²) in [6, 6.07) is 0.382. The summed E-state index contributed by atoms with van der Waals surface area (Å²) in [4.78, 5) is 14.1. The highest BCUT2D eigenvalue weighted by molar-refractivity contribution is 5.80. The van der Waals surface area contributed by atoms with Gasteiger partial charge in [-0.25, -0.2) is 0 Å². The number of hydrogen-bond donors (Lipinski definition) is 1. The van der Waals surface area contributed by atoms with Crippen LogP contribution in [0.25, 0.3) is 0 Å². The van der Waals surface area contributed by atoms with E-state index in [4.69, 9.17) is 4.74 Å². The predicted molar refractivity (Wildman–Crippen MR) is 50.8 cm³/mol. The van der Waals surface area contributed by atoms with E-state index in [0.29, 0.717) is 18.1 Å². The number of fused-ring (bicyclic) bond motifs is 2. The molecular weight excluding hydrogens is 180 g/mol. The van der Waals surface area contributed by atoms with Crippen LogP contribution < -0.4 is 5.32 Å². The monoisotopic (exact) mass is 196 g/mol. The average Bonchev–Trinajstić information content (AvgIpc) is 2.93. The Bertz CT molecular complexity index is 251. The molecule has 4 nitrogen and oxygen atoms in total. The summed E-state index contributed by atoms with van der Waals surface area (Å²) in [6.07, 6.45) is 2.40. The van der Waals surface area contributed by atoms with Gasteiger partial charge in [0.05, 0.1) is 24.7 Å². The van der Waals surface area contributed by atoms with Gasteiger partial charge in [0.1, 0.15) is 0 Å². The van der Waals surface area contributed by atoms with Crippen molar-refractivity contribution in [3.05, 3.63) is 0 Å². The van der Waals surface area contributed by atoms with Gasteiger partial charge in [-0.05, 0) is 19.4 Å². The lowest BCUT2D eigenvalue weighted by molar-refractivity contribution is -0.139. The van der Waals surface area contributed by atoms with Crippen molar-refractivity contribution in [3.8, 4) is 0 Å². The fourth-order valence-corrected chi connectivity index (χ4v) is 2.77. The number of carbonyl (C=O) groups excluding carboxylic acids is 1. The van der Waals surface area contributed by atoms with Crippen molar-refractivity contribution >= 4 is 5.91 Å². The Morgan fingerprint density at radius 1 is 1.50 bits per heavy atom. The number of ether oxygens (including phenoxy) is 1. The zero-order valence-corrected chi connectivity index (χ0v) is 8.24. The van der Waals surface area contributed by atoms with Gasteiger partial charge in [-0.3, -0.25) is 4.79 Å². The van der Waals surface area contributed by atoms with Crippen LogP contribution in [0.15, 0.2) is 0 Å². The van der Waals surface area contributed by atoms with Crippen LogP contribution in [0.1, 0.15) is 12.8 Å². The quantitative estimate of drug-likeness (QED) is 0.620. The second-order valence-corrected chi connectivity index (χ2v) is 4.53. The maximum absolute atomic E-state index is 12.1. The Balaban J connectivity index is 1.67. The number of likely N-dealkylation sites (tertiary alicyclic amines) is 1. The molecule has 0 aliphatic carbocycles. The van der Waals surface area contributed by atoms with E-state index < -0.39 is 0 Å². The Kier molecular flexibility index (Phi) is 1.99. The van der Waals surface area contributed by atoms with Crippen LogP contribution in [0.4, 0.5) is 0 Å². The van der Waals surface area contributed by atoms with Gasteiger partial charge < -0.3 is 15.0 Å². The molecule has 0 radical (unpaired) electrons. The fraction of sp³-hybridized carbons (Fsp3) is 0.900. The number of nitrogens with one attached hydrogen (secondary N) is 1. The molecule has 3 saturated heterocycles. The summed E-state index contributed by atoms with van der Waals surface area (Å²) < 4.78 is 5.49. The first-order valence-corrected chi connectivity index (χ1v) is 5.47. The van der Waals surface area contributed by atoms with Crippen LogP contribution in [0, 0.1) is 5.92 Å². The molecule has 1 amide bonds. The molecule has 1 N–H and O–H groups in total. The predicted octanol–water partition coefficient (Wildman–Crippen LogP) is -0.404. The number of carbonyl (C=O) groups is 1. The van der Waals surface area contributed by atoms with Crippen LogP contribution in [-0.2, 0) is 9.53 Å². The van der Waals surface area contributed by atoms with Crippen molar-refractivity contribution < 1.29 is 9.53 Å². The molecule has 0 spiro atoms. The molecule has 0 saturated carbocycles. The maximum atomic E-state index is 12.1. The van der Waals surface area contributed by atoms with Crippen molar-refractivity contribution in [2.24, 2.45) is 5.92 Å². The minimum atomic E-state index is 0.231. The van der Waals surface area contributed by atoms with E-state index in [9.17, 15) is 4.79 Å². The van der Waals surface area contributed by atoms with Gasteiger partial charge >= 0.3 is 0 Å². The second-order valence-electron chi connectivity index (χ2n) is 4.53. The van der Waals surface area contributed by atoms with Crippen molar-refractivity contribution in [1.29, 1.82) is 0 Å². The molecule has 3 fully saturated rings. The van der Waals surface area contributed by atoms with Crippen molar-refractivity contribution in [3.63, 3.8) is 0 Å². The first-order valence-electron chi connectivity index (χ1n) is 5.47. The lowest BCUT2D eigenvalue weighted by atomic mass is 10.1. The summed E-state index contributed by atoms with van der Waals surface area (Å²) in [5.41, 5.74) is 0. The van der Waals surface area contributed by atoms with Crippen LogP contribution >= 0.6 is 0 Å². The standard InChI is InChI=1S/C10H16N2O2/c13-10(7-1-2-11-4-7)12-5-9-3-8(12)6-14-9/h7-9,11H,1-6H2/t7-,8?,9?/m0/s1. The zero-order valence-electron chi connectivity index (χ0n) is 8.24. The SMILES string of the molecule is O=C([C@H]1CCNC1)N1CC2CC1CO2. The van der Waals surface area contributed by atoms with E-state index in [1.807, 2.05) is 4.90 Å². The van der Waals surface area contributed by atoms with Crippen molar-refractivity contribution in [2.45, 2.75) is 25.0 Å². The minimum Gasteiger partial charge on any atom is -0.374 e. The fourth-order valence-electron chi connectivity index (χ4n) is 2.77. The third kappa shape index (κ3) is 1.25. The van der Waals surface area contributed by atoms with Crippen molar-refractivity contribution in [1.82, 2.24) is 10.2 Å². The third-order valence-electron chi connectivity index (χ3n) is 3.59. The van der Waals surface area contributed by atoms with Gasteiger partial charge in [0.15, 0.2) is 0 Å². The highest BCUT2D eigenvalue weighted by atomic mass is 16.5. The molecule has 3 aliphatic heterocycles. The van der Waals surface area contributed by atoms with Crippen LogP contribution in [-0.4, -0.2) is 49.2 Å². The van der Waals surface area contributed by atoms with Gasteiger partial charge in [0, 0.05) is 13.1 Å². The van der Waals surface area contributed by atoms with E-state index in [-0.39, 0.29) is 5.92 Å². The molecule has 0 aromatic rings. The molecule has 2 bridgehead atoms. The van der Waals surface area contributed by atoms with Gasteiger partial charge in [0.2, 0.25) is 5.91 Å². The van der Waals surface area contributed by atoms with Crippen molar-refractivity contribution in [2.75, 3.05) is 26.2 Å². The molecule has 0 aromatic heterocycles. The lowest BCUT2D eigenvalue weighted by Gasteiger charge is -2.29. The first-order chi connectivity index (χ1) is 6.84. The molecule has 3 aliphatic rings. The second kappa shape index (κ2) is 3.21. The topological polar surface area (TPSA) is 41.6 Å². The molecule has 0 aromatic carbocycles. The molecule has 3 atom stereocenters. The normalized spacial score (nSPS) is 40.9. The molecular formula is C10H16N2O2. The number of hydrogen-bond acceptors (Lipinski definition) is 3. The minimum absolute atomic E-state index is 0.231. The van der Waals surface area contributed by atoms with Gasteiger partial charge in [-0.1, -0.05) is 0 Å². The summed E-state index contributed by atoms with van der Waals surface area (Å²) in [7, 11) is 0. The van der Waals surface area contributed by atoms with E-state index in [1.54, 1.807) is 0 Å². The van der Waals surface area contributed by atoms with Gasteiger partial charge in [0.25, 0.3) is 0 Å². The Hall–Kier alpha value is -0.610. The average molecular weight is 196 g/mol. The largest absolute Gasteiger partial charge is 0.374 e. The Morgan fingerprint density at radius 2 is 2.43 bits per heavy atom. The van der Waals surface area contributed by atoms with Crippen LogP contribution in [0.3, 0.4) is 0 Å². The van der Waals surface area contributed by atoms with E-state index >= 15 is 0 Å². The maximum Gasteiger partial charge on any atom is 0.227 e. The van der Waals surface area contributed by atoms with E-state index in [2.05, 4.69) is 5.32 Å². The molecule has 3 rings (SSSR count). The number of nitrogens with zero attached hydrogens (tertiary/aromatic N) is 1. The Labute approximate surface area is 83.6 Å². The lowest BCUT2D eigenvalue weighted by Crippen LogP contribution is -2.44.